The molecule has 2 nitrogen and oxygen atoms in total. The van der Waals surface area contributed by atoms with Crippen molar-refractivity contribution in [2.24, 2.45) is 0 Å². The summed E-state index contributed by atoms with van der Waals surface area (Å²) in [5.74, 6) is 0.426. The van der Waals surface area contributed by atoms with Gasteiger partial charge in [-0.05, 0) is 42.0 Å². The van der Waals surface area contributed by atoms with Crippen LogP contribution in [0.2, 0.25) is 5.02 Å². The molecule has 19 heavy (non-hydrogen) atoms. The number of ether oxygens (including phenoxy) is 1. The van der Waals surface area contributed by atoms with E-state index in [0.29, 0.717) is 17.3 Å². The number of anilines is 1. The van der Waals surface area contributed by atoms with Gasteiger partial charge in [0.25, 0.3) is 0 Å². The van der Waals surface area contributed by atoms with Crippen molar-refractivity contribution in [1.29, 1.82) is 0 Å². The molecule has 100 valence electrons. The minimum atomic E-state index is -0.330. The highest BCUT2D eigenvalue weighted by Gasteiger charge is 2.05. The third-order valence-electron chi connectivity index (χ3n) is 2.65. The van der Waals surface area contributed by atoms with Gasteiger partial charge in [0.15, 0.2) is 0 Å². The lowest BCUT2D eigenvalue weighted by atomic mass is 10.2. The molecule has 0 aliphatic carbocycles. The molecule has 0 fully saturated rings. The third-order valence-corrected chi connectivity index (χ3v) is 3.66. The Morgan fingerprint density at radius 3 is 2.79 bits per heavy atom. The lowest BCUT2D eigenvalue weighted by Crippen LogP contribution is -2.02. The molecule has 0 amide bonds. The second-order valence-electron chi connectivity index (χ2n) is 3.94. The Hall–Kier alpha value is -1.26. The minimum Gasteiger partial charge on any atom is -0.497 e. The monoisotopic (exact) mass is 343 g/mol. The van der Waals surface area contributed by atoms with E-state index in [4.69, 9.17) is 16.3 Å². The number of nitrogens with one attached hydrogen (secondary N) is 1. The van der Waals surface area contributed by atoms with Gasteiger partial charge >= 0.3 is 0 Å². The van der Waals surface area contributed by atoms with Crippen molar-refractivity contribution in [3.8, 4) is 5.75 Å². The van der Waals surface area contributed by atoms with E-state index in [2.05, 4.69) is 21.2 Å². The van der Waals surface area contributed by atoms with Crippen LogP contribution >= 0.6 is 27.5 Å². The minimum absolute atomic E-state index is 0.330. The Labute approximate surface area is 124 Å². The van der Waals surface area contributed by atoms with Crippen LogP contribution in [0.5, 0.6) is 5.75 Å². The Bertz CT molecular complexity index is 592. The molecule has 0 saturated carbocycles. The molecular weight excluding hydrogens is 333 g/mol. The predicted molar refractivity (Wildman–Crippen MR) is 79.4 cm³/mol. The largest absolute Gasteiger partial charge is 0.497 e. The molecule has 5 heteroatoms. The van der Waals surface area contributed by atoms with Gasteiger partial charge in [-0.2, -0.15) is 0 Å². The Kier molecular flexibility index (Phi) is 4.66. The van der Waals surface area contributed by atoms with Crippen LogP contribution in [0, 0.1) is 5.82 Å². The van der Waals surface area contributed by atoms with Crippen molar-refractivity contribution in [3.63, 3.8) is 0 Å². The van der Waals surface area contributed by atoms with E-state index in [1.807, 2.05) is 18.2 Å². The number of hydrogen-bond donors (Lipinski definition) is 1. The van der Waals surface area contributed by atoms with Crippen molar-refractivity contribution >= 4 is 33.2 Å². The number of rotatable bonds is 4. The van der Waals surface area contributed by atoms with Crippen LogP contribution in [0.4, 0.5) is 10.1 Å². The first kappa shape index (κ1) is 14.2. The van der Waals surface area contributed by atoms with E-state index in [0.717, 1.165) is 15.8 Å². The molecule has 1 N–H and O–H groups in total. The smallest absolute Gasteiger partial charge is 0.146 e. The average molecular weight is 345 g/mol. The van der Waals surface area contributed by atoms with Crippen LogP contribution in [0.1, 0.15) is 5.56 Å². The van der Waals surface area contributed by atoms with Gasteiger partial charge in [-0.25, -0.2) is 4.39 Å². The van der Waals surface area contributed by atoms with Gasteiger partial charge in [-0.3, -0.25) is 0 Å². The molecule has 0 atom stereocenters. The van der Waals surface area contributed by atoms with E-state index >= 15 is 0 Å². The molecule has 0 aliphatic heterocycles. The van der Waals surface area contributed by atoms with E-state index in [9.17, 15) is 4.39 Å². The molecule has 2 aromatic carbocycles. The van der Waals surface area contributed by atoms with E-state index < -0.39 is 0 Å². The fourth-order valence-corrected chi connectivity index (χ4v) is 2.20. The zero-order valence-electron chi connectivity index (χ0n) is 10.2. The molecule has 2 rings (SSSR count). The summed E-state index contributed by atoms with van der Waals surface area (Å²) in [6.45, 7) is 0.467. The summed E-state index contributed by atoms with van der Waals surface area (Å²) in [5.41, 5.74) is 1.35. The van der Waals surface area contributed by atoms with Gasteiger partial charge in [0.05, 0.1) is 12.8 Å². The summed E-state index contributed by atoms with van der Waals surface area (Å²) in [6.07, 6.45) is 0. The highest BCUT2D eigenvalue weighted by atomic mass is 79.9. The molecular formula is C14H12BrClFNO. The first-order valence-electron chi connectivity index (χ1n) is 5.61. The standard InChI is InChI=1S/C14H12BrClFNO/c1-19-11-3-4-12(15)9(6-11)8-18-14-7-10(16)2-5-13(14)17/h2-7,18H,8H2,1H3. The molecule has 2 aromatic rings. The van der Waals surface area contributed by atoms with Gasteiger partial charge in [0.1, 0.15) is 11.6 Å². The summed E-state index contributed by atoms with van der Waals surface area (Å²) in [7, 11) is 1.61. The molecule has 0 saturated heterocycles. The number of hydrogen-bond acceptors (Lipinski definition) is 2. The Balaban J connectivity index is 2.16. The zero-order valence-corrected chi connectivity index (χ0v) is 12.6. The van der Waals surface area contributed by atoms with Gasteiger partial charge in [-0.15, -0.1) is 0 Å². The van der Waals surface area contributed by atoms with Gasteiger partial charge < -0.3 is 10.1 Å². The summed E-state index contributed by atoms with van der Waals surface area (Å²) >= 11 is 9.29. The molecule has 0 spiro atoms. The average Bonchev–Trinajstić information content (AvgIpc) is 2.41. The number of benzene rings is 2. The van der Waals surface area contributed by atoms with Crippen LogP contribution in [0.25, 0.3) is 0 Å². The topological polar surface area (TPSA) is 21.3 Å². The fraction of sp³-hybridized carbons (Fsp3) is 0.143. The van der Waals surface area contributed by atoms with Crippen LogP contribution in [-0.4, -0.2) is 7.11 Å². The summed E-state index contributed by atoms with van der Waals surface area (Å²) in [4.78, 5) is 0. The lowest BCUT2D eigenvalue weighted by Gasteiger charge is -2.11. The molecule has 0 aliphatic rings. The SMILES string of the molecule is COc1ccc(Br)c(CNc2cc(Cl)ccc2F)c1. The predicted octanol–water partition coefficient (Wildman–Crippen LogP) is 4.86. The van der Waals surface area contributed by atoms with Crippen molar-refractivity contribution in [3.05, 3.63) is 57.3 Å². The van der Waals surface area contributed by atoms with Crippen molar-refractivity contribution in [1.82, 2.24) is 0 Å². The lowest BCUT2D eigenvalue weighted by molar-refractivity contribution is 0.414. The molecule has 0 aromatic heterocycles. The first-order valence-corrected chi connectivity index (χ1v) is 6.78. The molecule has 0 radical (unpaired) electrons. The summed E-state index contributed by atoms with van der Waals surface area (Å²) < 4.78 is 19.7. The molecule has 0 unspecified atom stereocenters. The second kappa shape index (κ2) is 6.26. The van der Waals surface area contributed by atoms with E-state index in [-0.39, 0.29) is 5.82 Å². The second-order valence-corrected chi connectivity index (χ2v) is 5.23. The van der Waals surface area contributed by atoms with E-state index in [1.165, 1.54) is 12.1 Å². The number of halogens is 3. The van der Waals surface area contributed by atoms with Gasteiger partial charge in [0.2, 0.25) is 0 Å². The molecule has 0 bridgehead atoms. The number of methoxy groups -OCH3 is 1. The highest BCUT2D eigenvalue weighted by molar-refractivity contribution is 9.10. The highest BCUT2D eigenvalue weighted by Crippen LogP contribution is 2.25. The maximum Gasteiger partial charge on any atom is 0.146 e. The van der Waals surface area contributed by atoms with Crippen molar-refractivity contribution < 1.29 is 9.13 Å². The zero-order chi connectivity index (χ0) is 13.8. The van der Waals surface area contributed by atoms with Gasteiger partial charge in [0, 0.05) is 16.0 Å². The third kappa shape index (κ3) is 3.61. The van der Waals surface area contributed by atoms with Crippen molar-refractivity contribution in [2.45, 2.75) is 6.54 Å². The van der Waals surface area contributed by atoms with E-state index in [1.54, 1.807) is 13.2 Å². The summed E-state index contributed by atoms with van der Waals surface area (Å²) in [5, 5.41) is 3.51. The summed E-state index contributed by atoms with van der Waals surface area (Å²) in [6, 6.07) is 10.1. The van der Waals surface area contributed by atoms with Crippen LogP contribution in [-0.2, 0) is 6.54 Å². The normalized spacial score (nSPS) is 10.3. The van der Waals surface area contributed by atoms with Crippen LogP contribution < -0.4 is 10.1 Å². The van der Waals surface area contributed by atoms with Crippen molar-refractivity contribution in [2.75, 3.05) is 12.4 Å². The maximum atomic E-state index is 13.6. The fourth-order valence-electron chi connectivity index (χ4n) is 1.64. The van der Waals surface area contributed by atoms with Crippen LogP contribution in [0.3, 0.4) is 0 Å². The Morgan fingerprint density at radius 2 is 2.05 bits per heavy atom. The first-order chi connectivity index (χ1) is 9.10. The Morgan fingerprint density at radius 1 is 1.26 bits per heavy atom. The quantitative estimate of drug-likeness (QED) is 0.855. The maximum absolute atomic E-state index is 13.6. The van der Waals surface area contributed by atoms with Gasteiger partial charge in [-0.1, -0.05) is 27.5 Å². The molecule has 0 heterocycles. The van der Waals surface area contributed by atoms with Crippen LogP contribution in [0.15, 0.2) is 40.9 Å².